The summed E-state index contributed by atoms with van der Waals surface area (Å²) >= 11 is 0. The van der Waals surface area contributed by atoms with Gasteiger partial charge in [0.1, 0.15) is 0 Å². The minimum atomic E-state index is -0.148. The average Bonchev–Trinajstić information content (AvgIpc) is 3.11. The van der Waals surface area contributed by atoms with Crippen LogP contribution in [-0.2, 0) is 11.3 Å². The molecule has 1 N–H and O–H groups in total. The standard InChI is InChI=1S/C20H23N3O2/c1-3-15-8-7-11-17(12-15)21-20(24)23(2)14-18-13-19(22-25-18)16-9-5-4-6-10-16/h4-12,18H,3,13-14H2,1-2H3,(H,21,24). The summed E-state index contributed by atoms with van der Waals surface area (Å²) in [6.45, 7) is 2.58. The van der Waals surface area contributed by atoms with Crippen molar-refractivity contribution >= 4 is 17.4 Å². The smallest absolute Gasteiger partial charge is 0.321 e. The lowest BCUT2D eigenvalue weighted by atomic mass is 10.1. The fraction of sp³-hybridized carbons (Fsp3) is 0.300. The van der Waals surface area contributed by atoms with Crippen molar-refractivity contribution in [2.24, 2.45) is 5.16 Å². The van der Waals surface area contributed by atoms with Gasteiger partial charge in [0.15, 0.2) is 6.10 Å². The molecule has 2 aromatic carbocycles. The van der Waals surface area contributed by atoms with Crippen molar-refractivity contribution in [3.63, 3.8) is 0 Å². The third kappa shape index (κ3) is 4.38. The number of hydrogen-bond acceptors (Lipinski definition) is 3. The monoisotopic (exact) mass is 337 g/mol. The maximum Gasteiger partial charge on any atom is 0.321 e. The van der Waals surface area contributed by atoms with E-state index in [2.05, 4.69) is 17.4 Å². The highest BCUT2D eigenvalue weighted by Gasteiger charge is 2.25. The fourth-order valence-electron chi connectivity index (χ4n) is 2.80. The van der Waals surface area contributed by atoms with E-state index in [4.69, 9.17) is 4.84 Å². The lowest BCUT2D eigenvalue weighted by molar-refractivity contribution is 0.0672. The van der Waals surface area contributed by atoms with Crippen LogP contribution in [0.1, 0.15) is 24.5 Å². The van der Waals surface area contributed by atoms with E-state index in [1.807, 2.05) is 54.6 Å². The first-order chi connectivity index (χ1) is 12.2. The van der Waals surface area contributed by atoms with Gasteiger partial charge in [0.25, 0.3) is 0 Å². The molecule has 1 heterocycles. The lowest BCUT2D eigenvalue weighted by Gasteiger charge is -2.20. The Morgan fingerprint density at radius 2 is 2.04 bits per heavy atom. The van der Waals surface area contributed by atoms with E-state index in [0.29, 0.717) is 13.0 Å². The van der Waals surface area contributed by atoms with Gasteiger partial charge in [-0.1, -0.05) is 54.5 Å². The van der Waals surface area contributed by atoms with E-state index < -0.39 is 0 Å². The summed E-state index contributed by atoms with van der Waals surface area (Å²) < 4.78 is 0. The first-order valence-corrected chi connectivity index (χ1v) is 8.55. The number of carbonyl (C=O) groups is 1. The molecule has 1 aliphatic heterocycles. The van der Waals surface area contributed by atoms with Crippen LogP contribution in [0, 0.1) is 0 Å². The van der Waals surface area contributed by atoms with Crippen molar-refractivity contribution in [1.82, 2.24) is 4.90 Å². The Balaban J connectivity index is 1.52. The molecule has 5 nitrogen and oxygen atoms in total. The highest BCUT2D eigenvalue weighted by Crippen LogP contribution is 2.18. The Morgan fingerprint density at radius 1 is 1.24 bits per heavy atom. The molecule has 0 aromatic heterocycles. The number of benzene rings is 2. The Bertz CT molecular complexity index is 759. The molecule has 1 unspecified atom stereocenters. The molecular formula is C20H23N3O2. The van der Waals surface area contributed by atoms with Gasteiger partial charge in [0, 0.05) is 19.2 Å². The molecule has 2 aromatic rings. The lowest BCUT2D eigenvalue weighted by Crippen LogP contribution is -2.37. The van der Waals surface area contributed by atoms with Gasteiger partial charge in [-0.3, -0.25) is 0 Å². The summed E-state index contributed by atoms with van der Waals surface area (Å²) in [5, 5.41) is 7.09. The molecule has 0 bridgehead atoms. The van der Waals surface area contributed by atoms with Crippen LogP contribution in [0.4, 0.5) is 10.5 Å². The van der Waals surface area contributed by atoms with Crippen LogP contribution < -0.4 is 5.32 Å². The summed E-state index contributed by atoms with van der Waals surface area (Å²) in [7, 11) is 1.77. The number of anilines is 1. The van der Waals surface area contributed by atoms with E-state index in [1.54, 1.807) is 11.9 Å². The van der Waals surface area contributed by atoms with Gasteiger partial charge >= 0.3 is 6.03 Å². The molecule has 0 aliphatic carbocycles. The zero-order valence-electron chi connectivity index (χ0n) is 14.6. The molecule has 0 fully saturated rings. The molecule has 1 aliphatic rings. The molecule has 2 amide bonds. The number of carbonyl (C=O) groups excluding carboxylic acids is 1. The second-order valence-electron chi connectivity index (χ2n) is 6.20. The number of rotatable bonds is 5. The van der Waals surface area contributed by atoms with Crippen molar-refractivity contribution in [2.75, 3.05) is 18.9 Å². The number of amides is 2. The van der Waals surface area contributed by atoms with Crippen molar-refractivity contribution in [1.29, 1.82) is 0 Å². The van der Waals surface area contributed by atoms with Gasteiger partial charge in [-0.25, -0.2) is 4.79 Å². The number of urea groups is 1. The van der Waals surface area contributed by atoms with E-state index in [0.717, 1.165) is 23.4 Å². The SMILES string of the molecule is CCc1cccc(NC(=O)N(C)CC2CC(c3ccccc3)=NO2)c1. The first kappa shape index (κ1) is 17.0. The van der Waals surface area contributed by atoms with E-state index in [-0.39, 0.29) is 12.1 Å². The van der Waals surface area contributed by atoms with Gasteiger partial charge < -0.3 is 15.1 Å². The summed E-state index contributed by atoms with van der Waals surface area (Å²) in [5.74, 6) is 0. The van der Waals surface area contributed by atoms with Gasteiger partial charge in [0.05, 0.1) is 12.3 Å². The summed E-state index contributed by atoms with van der Waals surface area (Å²) in [6.07, 6.45) is 1.52. The third-order valence-electron chi connectivity index (χ3n) is 4.25. The average molecular weight is 337 g/mol. The predicted octanol–water partition coefficient (Wildman–Crippen LogP) is 3.91. The Hall–Kier alpha value is -2.82. The highest BCUT2D eigenvalue weighted by molar-refractivity contribution is 6.01. The fourth-order valence-corrected chi connectivity index (χ4v) is 2.80. The van der Waals surface area contributed by atoms with Gasteiger partial charge in [-0.2, -0.15) is 0 Å². The number of likely N-dealkylation sites (N-methyl/N-ethyl adjacent to an activating group) is 1. The molecule has 25 heavy (non-hydrogen) atoms. The summed E-state index contributed by atoms with van der Waals surface area (Å²) in [4.78, 5) is 19.5. The number of hydrogen-bond donors (Lipinski definition) is 1. The van der Waals surface area contributed by atoms with Gasteiger partial charge in [-0.15, -0.1) is 0 Å². The highest BCUT2D eigenvalue weighted by atomic mass is 16.6. The summed E-state index contributed by atoms with van der Waals surface area (Å²) in [6, 6.07) is 17.7. The van der Waals surface area contributed by atoms with Crippen LogP contribution in [0.3, 0.4) is 0 Å². The first-order valence-electron chi connectivity index (χ1n) is 8.55. The van der Waals surface area contributed by atoms with Crippen LogP contribution >= 0.6 is 0 Å². The Kier molecular flexibility index (Phi) is 5.33. The summed E-state index contributed by atoms with van der Waals surface area (Å²) in [5.41, 5.74) is 3.99. The Morgan fingerprint density at radius 3 is 2.80 bits per heavy atom. The van der Waals surface area contributed by atoms with Crippen LogP contribution in [-0.4, -0.2) is 36.3 Å². The number of nitrogens with zero attached hydrogens (tertiary/aromatic N) is 2. The minimum Gasteiger partial charge on any atom is -0.390 e. The second-order valence-corrected chi connectivity index (χ2v) is 6.20. The number of nitrogens with one attached hydrogen (secondary N) is 1. The molecule has 0 saturated heterocycles. The van der Waals surface area contributed by atoms with Crippen molar-refractivity contribution in [3.8, 4) is 0 Å². The predicted molar refractivity (Wildman–Crippen MR) is 99.9 cm³/mol. The van der Waals surface area contributed by atoms with Gasteiger partial charge in [0.2, 0.25) is 0 Å². The maximum atomic E-state index is 12.4. The van der Waals surface area contributed by atoms with E-state index in [9.17, 15) is 4.79 Å². The van der Waals surface area contributed by atoms with Crippen LogP contribution in [0.15, 0.2) is 59.8 Å². The van der Waals surface area contributed by atoms with E-state index in [1.165, 1.54) is 5.56 Å². The molecule has 0 spiro atoms. The third-order valence-corrected chi connectivity index (χ3v) is 4.25. The van der Waals surface area contributed by atoms with Gasteiger partial charge in [-0.05, 0) is 29.7 Å². The van der Waals surface area contributed by atoms with Crippen molar-refractivity contribution in [2.45, 2.75) is 25.9 Å². The largest absolute Gasteiger partial charge is 0.390 e. The van der Waals surface area contributed by atoms with E-state index >= 15 is 0 Å². The topological polar surface area (TPSA) is 53.9 Å². The van der Waals surface area contributed by atoms with Crippen molar-refractivity contribution in [3.05, 3.63) is 65.7 Å². The molecule has 5 heteroatoms. The van der Waals surface area contributed by atoms with Crippen molar-refractivity contribution < 1.29 is 9.63 Å². The maximum absolute atomic E-state index is 12.4. The zero-order valence-corrected chi connectivity index (χ0v) is 14.6. The molecular weight excluding hydrogens is 314 g/mol. The number of oxime groups is 1. The zero-order chi connectivity index (χ0) is 17.6. The second kappa shape index (κ2) is 7.83. The molecule has 0 saturated carbocycles. The molecule has 0 radical (unpaired) electrons. The number of aryl methyl sites for hydroxylation is 1. The van der Waals surface area contributed by atoms with Crippen LogP contribution in [0.2, 0.25) is 0 Å². The minimum absolute atomic E-state index is 0.118. The quantitative estimate of drug-likeness (QED) is 0.899. The Labute approximate surface area is 148 Å². The van der Waals surface area contributed by atoms with Crippen LogP contribution in [0.25, 0.3) is 0 Å². The normalized spacial score (nSPS) is 16.1. The molecule has 130 valence electrons. The molecule has 3 rings (SSSR count). The van der Waals surface area contributed by atoms with Crippen LogP contribution in [0.5, 0.6) is 0 Å². The molecule has 1 atom stereocenters.